The summed E-state index contributed by atoms with van der Waals surface area (Å²) in [6, 6.07) is 12.8. The van der Waals surface area contributed by atoms with Gasteiger partial charge in [-0.1, -0.05) is 18.2 Å². The van der Waals surface area contributed by atoms with Crippen LogP contribution in [-0.2, 0) is 11.3 Å². The normalized spacial score (nSPS) is 20.9. The Kier molecular flexibility index (Phi) is 6.79. The highest BCUT2D eigenvalue weighted by molar-refractivity contribution is 5.97. The highest BCUT2D eigenvalue weighted by Crippen LogP contribution is 2.35. The fourth-order valence-corrected chi connectivity index (χ4v) is 5.54. The van der Waals surface area contributed by atoms with E-state index < -0.39 is 0 Å². The summed E-state index contributed by atoms with van der Waals surface area (Å²) in [5, 5.41) is 21.5. The fraction of sp³-hybridized carbons (Fsp3) is 0.462. The second kappa shape index (κ2) is 10.1. The molecule has 3 aliphatic heterocycles. The quantitative estimate of drug-likeness (QED) is 0.630. The van der Waals surface area contributed by atoms with Crippen LogP contribution < -0.4 is 15.3 Å². The summed E-state index contributed by atoms with van der Waals surface area (Å²) >= 11 is 0. The van der Waals surface area contributed by atoms with Crippen LogP contribution in [0.4, 0.5) is 21.9 Å². The van der Waals surface area contributed by atoms with Crippen molar-refractivity contribution in [3.05, 3.63) is 58.8 Å². The van der Waals surface area contributed by atoms with Gasteiger partial charge < -0.3 is 30.3 Å². The molecule has 2 fully saturated rings. The number of likely N-dealkylation sites (tertiary alicyclic amines) is 1. The average molecular weight is 480 g/mol. The molecule has 0 aromatic heterocycles. The van der Waals surface area contributed by atoms with Crippen molar-refractivity contribution >= 4 is 29.1 Å². The van der Waals surface area contributed by atoms with Gasteiger partial charge in [-0.15, -0.1) is 0 Å². The van der Waals surface area contributed by atoms with Gasteiger partial charge in [0, 0.05) is 42.5 Å². The molecule has 9 nitrogen and oxygen atoms in total. The van der Waals surface area contributed by atoms with E-state index >= 15 is 0 Å². The van der Waals surface area contributed by atoms with Crippen LogP contribution in [0.3, 0.4) is 0 Å². The Labute approximate surface area is 204 Å². The molecule has 2 N–H and O–H groups in total. The van der Waals surface area contributed by atoms with Crippen LogP contribution >= 0.6 is 0 Å². The molecular weight excluding hydrogens is 448 g/mol. The molecule has 0 radical (unpaired) electrons. The van der Waals surface area contributed by atoms with Gasteiger partial charge in [0.1, 0.15) is 6.61 Å². The minimum absolute atomic E-state index is 0.0132. The molecule has 9 heteroatoms. The lowest BCUT2D eigenvalue weighted by Crippen LogP contribution is -2.49. The first-order valence-corrected chi connectivity index (χ1v) is 12.3. The molecule has 1 unspecified atom stereocenters. The number of ether oxygens (including phenoxy) is 1. The number of para-hydroxylation sites is 1. The number of fused-ring (bicyclic) bond motifs is 1. The van der Waals surface area contributed by atoms with Crippen LogP contribution in [0.25, 0.3) is 0 Å². The van der Waals surface area contributed by atoms with Gasteiger partial charge in [0.2, 0.25) is 0 Å². The predicted molar refractivity (Wildman–Crippen MR) is 134 cm³/mol. The number of aliphatic hydroxyl groups excluding tert-OH is 1. The summed E-state index contributed by atoms with van der Waals surface area (Å²) in [6.45, 7) is 2.18. The van der Waals surface area contributed by atoms with Crippen molar-refractivity contribution in [2.45, 2.75) is 50.8 Å². The number of amides is 2. The SMILES string of the molecule is O=C(c1ccc(N2CCC(N3C(=O)OCc4ccccc43)CC2)c(N[O-])c1)N1CCCCC1CO. The number of hydrogen-bond acceptors (Lipinski definition) is 7. The van der Waals surface area contributed by atoms with Crippen molar-refractivity contribution in [2.24, 2.45) is 0 Å². The molecule has 3 heterocycles. The van der Waals surface area contributed by atoms with Crippen LogP contribution in [0.5, 0.6) is 0 Å². The van der Waals surface area contributed by atoms with E-state index in [0.717, 1.165) is 49.0 Å². The molecule has 2 amide bonds. The first kappa shape index (κ1) is 23.4. The Hall–Kier alpha value is -3.30. The Bertz CT molecular complexity index is 1090. The Morgan fingerprint density at radius 2 is 1.86 bits per heavy atom. The number of piperidine rings is 2. The van der Waals surface area contributed by atoms with Gasteiger partial charge in [0.05, 0.1) is 24.0 Å². The molecule has 0 bridgehead atoms. The lowest BCUT2D eigenvalue weighted by Gasteiger charge is -2.41. The molecule has 1 atom stereocenters. The van der Waals surface area contributed by atoms with Gasteiger partial charge >= 0.3 is 6.09 Å². The number of benzene rings is 2. The maximum absolute atomic E-state index is 13.1. The highest BCUT2D eigenvalue weighted by Gasteiger charge is 2.34. The summed E-state index contributed by atoms with van der Waals surface area (Å²) in [7, 11) is 0. The van der Waals surface area contributed by atoms with E-state index in [1.807, 2.05) is 35.8 Å². The van der Waals surface area contributed by atoms with Gasteiger partial charge in [0.15, 0.2) is 0 Å². The third kappa shape index (κ3) is 4.53. The third-order valence-corrected chi connectivity index (χ3v) is 7.42. The van der Waals surface area contributed by atoms with Crippen molar-refractivity contribution < 1.29 is 19.4 Å². The topological polar surface area (TPSA) is 108 Å². The number of cyclic esters (lactones) is 1. The number of nitrogens with one attached hydrogen (secondary N) is 1. The Balaban J connectivity index is 1.29. The molecule has 5 rings (SSSR count). The summed E-state index contributed by atoms with van der Waals surface area (Å²) in [4.78, 5) is 31.3. The van der Waals surface area contributed by atoms with Gasteiger partial charge in [0.25, 0.3) is 5.91 Å². The molecule has 0 saturated carbocycles. The zero-order chi connectivity index (χ0) is 24.4. The van der Waals surface area contributed by atoms with Crippen molar-refractivity contribution in [1.29, 1.82) is 0 Å². The van der Waals surface area contributed by atoms with Crippen molar-refractivity contribution in [2.75, 3.05) is 41.5 Å². The van der Waals surface area contributed by atoms with E-state index in [9.17, 15) is 19.9 Å². The monoisotopic (exact) mass is 479 g/mol. The molecule has 35 heavy (non-hydrogen) atoms. The van der Waals surface area contributed by atoms with Crippen LogP contribution in [0.15, 0.2) is 42.5 Å². The number of aliphatic hydroxyl groups is 1. The third-order valence-electron chi connectivity index (χ3n) is 7.42. The minimum atomic E-state index is -0.314. The molecule has 3 aliphatic rings. The van der Waals surface area contributed by atoms with Crippen LogP contribution in [-0.4, -0.2) is 60.3 Å². The largest absolute Gasteiger partial charge is 0.761 e. The highest BCUT2D eigenvalue weighted by atomic mass is 16.6. The van der Waals surface area contributed by atoms with Crippen molar-refractivity contribution in [1.82, 2.24) is 4.90 Å². The second-order valence-electron chi connectivity index (χ2n) is 9.44. The lowest BCUT2D eigenvalue weighted by atomic mass is 9.99. The van der Waals surface area contributed by atoms with E-state index in [1.165, 1.54) is 0 Å². The number of carbonyl (C=O) groups is 2. The number of nitrogens with zero attached hydrogens (tertiary/aromatic N) is 3. The maximum Gasteiger partial charge on any atom is 0.414 e. The van der Waals surface area contributed by atoms with E-state index in [0.29, 0.717) is 37.5 Å². The van der Waals surface area contributed by atoms with Crippen LogP contribution in [0.1, 0.15) is 48.0 Å². The summed E-state index contributed by atoms with van der Waals surface area (Å²) in [5.41, 5.74) is 5.47. The molecule has 2 aromatic rings. The summed E-state index contributed by atoms with van der Waals surface area (Å²) < 4.78 is 5.39. The molecular formula is C26H31N4O5-. The summed E-state index contributed by atoms with van der Waals surface area (Å²) in [5.74, 6) is -0.159. The van der Waals surface area contributed by atoms with Gasteiger partial charge in [-0.25, -0.2) is 4.79 Å². The van der Waals surface area contributed by atoms with Crippen molar-refractivity contribution in [3.8, 4) is 0 Å². The zero-order valence-corrected chi connectivity index (χ0v) is 19.7. The maximum atomic E-state index is 13.1. The van der Waals surface area contributed by atoms with Gasteiger partial charge in [-0.05, 0) is 56.4 Å². The van der Waals surface area contributed by atoms with Crippen molar-refractivity contribution in [3.63, 3.8) is 0 Å². The van der Waals surface area contributed by atoms with Crippen LogP contribution in [0.2, 0.25) is 0 Å². The van der Waals surface area contributed by atoms with Crippen LogP contribution in [0, 0.1) is 5.21 Å². The smallest absolute Gasteiger partial charge is 0.414 e. The van der Waals surface area contributed by atoms with E-state index in [2.05, 4.69) is 4.90 Å². The number of hydrogen-bond donors (Lipinski definition) is 2. The molecule has 0 aliphatic carbocycles. The number of anilines is 3. The predicted octanol–water partition coefficient (Wildman–Crippen LogP) is 3.71. The van der Waals surface area contributed by atoms with E-state index in [1.54, 1.807) is 21.9 Å². The van der Waals surface area contributed by atoms with Gasteiger partial charge in [-0.3, -0.25) is 9.69 Å². The first-order chi connectivity index (χ1) is 17.1. The molecule has 2 saturated heterocycles. The van der Waals surface area contributed by atoms with E-state index in [-0.39, 0.29) is 30.7 Å². The first-order valence-electron chi connectivity index (χ1n) is 12.3. The second-order valence-corrected chi connectivity index (χ2v) is 9.44. The molecule has 2 aromatic carbocycles. The zero-order valence-electron chi connectivity index (χ0n) is 19.7. The average Bonchev–Trinajstić information content (AvgIpc) is 2.92. The van der Waals surface area contributed by atoms with E-state index in [4.69, 9.17) is 4.74 Å². The lowest BCUT2D eigenvalue weighted by molar-refractivity contribution is 0.0503. The Morgan fingerprint density at radius 3 is 2.63 bits per heavy atom. The number of rotatable bonds is 5. The van der Waals surface area contributed by atoms with Gasteiger partial charge in [-0.2, -0.15) is 0 Å². The summed E-state index contributed by atoms with van der Waals surface area (Å²) in [6.07, 6.45) is 3.85. The standard InChI is InChI=1S/C26H31N4O5/c31-16-21-6-3-4-12-29(21)25(32)18-8-9-24(22(15-18)27-34)28-13-10-20(11-14-28)30-23-7-2-1-5-19(23)17-35-26(30)33/h1-2,5,7-9,15,20-21,27,31H,3-4,6,10-14,16-17H2/q-1. The number of carbonyl (C=O) groups excluding carboxylic acids is 2. The minimum Gasteiger partial charge on any atom is -0.761 e. The molecule has 186 valence electrons. The fourth-order valence-electron chi connectivity index (χ4n) is 5.54. The molecule has 0 spiro atoms. The Morgan fingerprint density at radius 1 is 1.06 bits per heavy atom.